The van der Waals surface area contributed by atoms with E-state index in [4.69, 9.17) is 11.6 Å². The number of piperidine rings is 1. The number of fused-ring (bicyclic) bond motifs is 1. The quantitative estimate of drug-likeness (QED) is 0.817. The summed E-state index contributed by atoms with van der Waals surface area (Å²) in [5.74, 6) is 0.509. The molecule has 0 radical (unpaired) electrons. The lowest BCUT2D eigenvalue weighted by molar-refractivity contribution is 0.484. The van der Waals surface area contributed by atoms with Gasteiger partial charge in [-0.3, -0.25) is 0 Å². The number of benzene rings is 1. The van der Waals surface area contributed by atoms with Gasteiger partial charge >= 0.3 is 0 Å². The maximum absolute atomic E-state index is 13.6. The molecule has 4 rings (SSSR count). The van der Waals surface area contributed by atoms with Gasteiger partial charge in [0.05, 0.1) is 28.8 Å². The van der Waals surface area contributed by atoms with E-state index in [9.17, 15) is 4.39 Å². The first-order chi connectivity index (χ1) is 12.1. The lowest BCUT2D eigenvalue weighted by Crippen LogP contribution is -2.44. The third kappa shape index (κ3) is 3.14. The number of nitrogens with zero attached hydrogens (tertiary/aromatic N) is 5. The van der Waals surface area contributed by atoms with Gasteiger partial charge in [-0.1, -0.05) is 11.6 Å². The molecule has 1 saturated heterocycles. The van der Waals surface area contributed by atoms with Crippen LogP contribution in [0.2, 0.25) is 5.02 Å². The number of hydrogen-bond donors (Lipinski definition) is 0. The van der Waals surface area contributed by atoms with Crippen LogP contribution in [-0.2, 0) is 0 Å². The molecule has 25 heavy (non-hydrogen) atoms. The summed E-state index contributed by atoms with van der Waals surface area (Å²) in [5.41, 5.74) is 1.94. The van der Waals surface area contributed by atoms with Crippen LogP contribution in [0.25, 0.3) is 0 Å². The minimum atomic E-state index is -0.212. The van der Waals surface area contributed by atoms with Crippen LogP contribution in [0.15, 0.2) is 43.0 Å². The van der Waals surface area contributed by atoms with Gasteiger partial charge in [0.2, 0.25) is 5.95 Å². The second-order valence-corrected chi connectivity index (χ2v) is 6.81. The van der Waals surface area contributed by atoms with Crippen molar-refractivity contribution in [3.05, 3.63) is 53.8 Å². The molecule has 1 fully saturated rings. The van der Waals surface area contributed by atoms with Crippen LogP contribution in [0.5, 0.6) is 0 Å². The number of anilines is 3. The predicted molar refractivity (Wildman–Crippen MR) is 98.7 cm³/mol. The van der Waals surface area contributed by atoms with E-state index >= 15 is 0 Å². The van der Waals surface area contributed by atoms with Crippen molar-refractivity contribution < 1.29 is 4.39 Å². The summed E-state index contributed by atoms with van der Waals surface area (Å²) in [5, 5.41) is 0.546. The topological polar surface area (TPSA) is 35.5 Å². The van der Waals surface area contributed by atoms with Crippen LogP contribution < -0.4 is 14.7 Å². The van der Waals surface area contributed by atoms with Gasteiger partial charge in [0, 0.05) is 38.6 Å². The molecule has 0 atom stereocenters. The average Bonchev–Trinajstić information content (AvgIpc) is 2.63. The van der Waals surface area contributed by atoms with Crippen molar-refractivity contribution >= 4 is 28.9 Å². The maximum atomic E-state index is 13.6. The van der Waals surface area contributed by atoms with Gasteiger partial charge in [-0.15, -0.1) is 0 Å². The SMILES string of the molecule is CN1C=CN(C2CCN(c3ncc(Cl)cn3)CC2)c2ccc(F)cc21. The molecule has 1 aromatic heterocycles. The minimum absolute atomic E-state index is 0.212. The highest BCUT2D eigenvalue weighted by atomic mass is 35.5. The molecule has 2 aromatic rings. The Morgan fingerprint density at radius 2 is 1.80 bits per heavy atom. The Kier molecular flexibility index (Phi) is 4.21. The number of rotatable bonds is 2. The molecule has 130 valence electrons. The molecule has 2 aliphatic rings. The van der Waals surface area contributed by atoms with Crippen LogP contribution in [0.3, 0.4) is 0 Å². The third-order valence-electron chi connectivity index (χ3n) is 4.79. The van der Waals surface area contributed by atoms with Gasteiger partial charge in [0.15, 0.2) is 0 Å². The lowest BCUT2D eigenvalue weighted by atomic mass is 10.0. The normalized spacial score (nSPS) is 17.8. The molecule has 0 unspecified atom stereocenters. The number of aromatic nitrogens is 2. The van der Waals surface area contributed by atoms with E-state index in [0.29, 0.717) is 11.1 Å². The predicted octanol–water partition coefficient (Wildman–Crippen LogP) is 3.67. The Bertz CT molecular complexity index is 787. The highest BCUT2D eigenvalue weighted by Gasteiger charge is 2.28. The number of hydrogen-bond acceptors (Lipinski definition) is 5. The Morgan fingerprint density at radius 1 is 1.08 bits per heavy atom. The van der Waals surface area contributed by atoms with Crippen LogP contribution >= 0.6 is 11.6 Å². The smallest absolute Gasteiger partial charge is 0.225 e. The Hall–Kier alpha value is -2.34. The van der Waals surface area contributed by atoms with E-state index in [2.05, 4.69) is 26.0 Å². The summed E-state index contributed by atoms with van der Waals surface area (Å²) in [4.78, 5) is 15.0. The first-order valence-corrected chi connectivity index (χ1v) is 8.71. The van der Waals surface area contributed by atoms with Crippen LogP contribution in [-0.4, -0.2) is 36.1 Å². The molecule has 2 aliphatic heterocycles. The lowest BCUT2D eigenvalue weighted by Gasteiger charge is -2.41. The minimum Gasteiger partial charge on any atom is -0.348 e. The molecule has 0 aliphatic carbocycles. The van der Waals surface area contributed by atoms with Gasteiger partial charge in [0.25, 0.3) is 0 Å². The fraction of sp³-hybridized carbons (Fsp3) is 0.333. The van der Waals surface area contributed by atoms with Crippen molar-refractivity contribution in [3.63, 3.8) is 0 Å². The van der Waals surface area contributed by atoms with Gasteiger partial charge in [-0.25, -0.2) is 14.4 Å². The summed E-state index contributed by atoms with van der Waals surface area (Å²) in [6.07, 6.45) is 9.29. The molecule has 7 heteroatoms. The fourth-order valence-corrected chi connectivity index (χ4v) is 3.56. The van der Waals surface area contributed by atoms with E-state index in [1.165, 1.54) is 6.07 Å². The molecule has 0 amide bonds. The van der Waals surface area contributed by atoms with Gasteiger partial charge in [0.1, 0.15) is 5.82 Å². The highest BCUT2D eigenvalue weighted by Crippen LogP contribution is 2.36. The highest BCUT2D eigenvalue weighted by molar-refractivity contribution is 6.30. The number of halogens is 2. The van der Waals surface area contributed by atoms with E-state index in [0.717, 1.165) is 43.3 Å². The first kappa shape index (κ1) is 16.1. The zero-order chi connectivity index (χ0) is 17.4. The zero-order valence-electron chi connectivity index (χ0n) is 13.9. The molecule has 1 aromatic carbocycles. The van der Waals surface area contributed by atoms with E-state index in [-0.39, 0.29) is 5.82 Å². The second-order valence-electron chi connectivity index (χ2n) is 6.37. The van der Waals surface area contributed by atoms with Crippen LogP contribution in [0.4, 0.5) is 21.7 Å². The van der Waals surface area contributed by atoms with Crippen molar-refractivity contribution in [1.29, 1.82) is 0 Å². The van der Waals surface area contributed by atoms with Crippen molar-refractivity contribution in [2.24, 2.45) is 0 Å². The van der Waals surface area contributed by atoms with Crippen molar-refractivity contribution in [2.75, 3.05) is 34.8 Å². The first-order valence-electron chi connectivity index (χ1n) is 8.33. The summed E-state index contributed by atoms with van der Waals surface area (Å²) in [6.45, 7) is 1.76. The zero-order valence-corrected chi connectivity index (χ0v) is 14.7. The van der Waals surface area contributed by atoms with Crippen molar-refractivity contribution in [2.45, 2.75) is 18.9 Å². The molecular formula is C18H19ClFN5. The monoisotopic (exact) mass is 359 g/mol. The molecule has 3 heterocycles. The van der Waals surface area contributed by atoms with Gasteiger partial charge in [-0.2, -0.15) is 0 Å². The Labute approximate surface area is 151 Å². The standard InChI is InChI=1S/C18H19ClFN5/c1-23-8-9-25(16-3-2-14(20)10-17(16)23)15-4-6-24(7-5-15)18-21-11-13(19)12-22-18/h2-3,8-12,15H,4-7H2,1H3. The van der Waals surface area contributed by atoms with Gasteiger partial charge in [-0.05, 0) is 31.0 Å². The molecule has 0 spiro atoms. The molecule has 0 bridgehead atoms. The maximum Gasteiger partial charge on any atom is 0.225 e. The van der Waals surface area contributed by atoms with Crippen molar-refractivity contribution in [1.82, 2.24) is 9.97 Å². The van der Waals surface area contributed by atoms with E-state index in [1.54, 1.807) is 18.5 Å². The largest absolute Gasteiger partial charge is 0.348 e. The summed E-state index contributed by atoms with van der Waals surface area (Å²) in [7, 11) is 1.94. The fourth-order valence-electron chi connectivity index (χ4n) is 3.46. The molecule has 5 nitrogen and oxygen atoms in total. The van der Waals surface area contributed by atoms with Crippen LogP contribution in [0, 0.1) is 5.82 Å². The molecule has 0 N–H and O–H groups in total. The van der Waals surface area contributed by atoms with Crippen LogP contribution in [0.1, 0.15) is 12.8 Å². The second kappa shape index (κ2) is 6.52. The summed E-state index contributed by atoms with van der Waals surface area (Å²) in [6, 6.07) is 5.34. The summed E-state index contributed by atoms with van der Waals surface area (Å²) >= 11 is 5.86. The Morgan fingerprint density at radius 3 is 2.52 bits per heavy atom. The Balaban J connectivity index is 1.49. The van der Waals surface area contributed by atoms with Crippen molar-refractivity contribution in [3.8, 4) is 0 Å². The van der Waals surface area contributed by atoms with E-state index in [1.807, 2.05) is 24.2 Å². The van der Waals surface area contributed by atoms with E-state index < -0.39 is 0 Å². The third-order valence-corrected chi connectivity index (χ3v) is 4.99. The average molecular weight is 360 g/mol. The molecule has 0 saturated carbocycles. The summed E-state index contributed by atoms with van der Waals surface area (Å²) < 4.78 is 13.6. The van der Waals surface area contributed by atoms with Gasteiger partial charge < -0.3 is 14.7 Å². The molecular weight excluding hydrogens is 341 g/mol.